The summed E-state index contributed by atoms with van der Waals surface area (Å²) in [5.74, 6) is -2.78. The van der Waals surface area contributed by atoms with Gasteiger partial charge in [-0.2, -0.15) is 11.8 Å². The predicted molar refractivity (Wildman–Crippen MR) is 107 cm³/mol. The van der Waals surface area contributed by atoms with E-state index in [9.17, 15) is 24.3 Å². The molecule has 0 radical (unpaired) electrons. The second-order valence-corrected chi connectivity index (χ2v) is 7.58. The normalized spacial score (nSPS) is 16.2. The lowest BCUT2D eigenvalue weighted by Crippen LogP contribution is -2.60. The molecule has 3 amide bonds. The zero-order chi connectivity index (χ0) is 21.9. The highest BCUT2D eigenvalue weighted by Crippen LogP contribution is 2.10. The van der Waals surface area contributed by atoms with E-state index in [0.29, 0.717) is 18.6 Å². The van der Waals surface area contributed by atoms with E-state index in [0.717, 1.165) is 0 Å². The fourth-order valence-corrected chi connectivity index (χ4v) is 2.75. The van der Waals surface area contributed by atoms with Gasteiger partial charge in [0.1, 0.15) is 18.6 Å². The molecule has 0 aliphatic carbocycles. The Balaban J connectivity index is 5.18. The molecule has 0 bridgehead atoms. The molecule has 0 fully saturated rings. The number of aliphatic carboxylic acids is 1. The summed E-state index contributed by atoms with van der Waals surface area (Å²) in [4.78, 5) is 47.7. The molecule has 0 spiro atoms. The van der Waals surface area contributed by atoms with Crippen molar-refractivity contribution in [3.05, 3.63) is 0 Å². The van der Waals surface area contributed by atoms with Crippen molar-refractivity contribution < 1.29 is 29.4 Å². The highest BCUT2D eigenvalue weighted by molar-refractivity contribution is 7.98. The van der Waals surface area contributed by atoms with Gasteiger partial charge in [-0.25, -0.2) is 0 Å². The first-order valence-electron chi connectivity index (χ1n) is 9.07. The van der Waals surface area contributed by atoms with Crippen LogP contribution in [0.4, 0.5) is 0 Å². The minimum Gasteiger partial charge on any atom is -0.480 e. The maximum atomic E-state index is 12.7. The third kappa shape index (κ3) is 9.38. The number of amides is 3. The summed E-state index contributed by atoms with van der Waals surface area (Å²) in [6.45, 7) is 4.25. The number of carboxylic acid groups (broad SMARTS) is 1. The molecule has 11 heteroatoms. The van der Waals surface area contributed by atoms with Gasteiger partial charge in [-0.05, 0) is 31.3 Å². The summed E-state index contributed by atoms with van der Waals surface area (Å²) >= 11 is 1.55. The number of carbonyl (C=O) groups is 4. The van der Waals surface area contributed by atoms with Gasteiger partial charge in [0.25, 0.3) is 0 Å². The first-order chi connectivity index (χ1) is 13.0. The van der Waals surface area contributed by atoms with Gasteiger partial charge in [0, 0.05) is 0 Å². The SMILES string of the molecule is CCC(C)C(NC(=O)C(N)CCSC)C(=O)NC(C(=O)NCC(=O)O)C(C)O. The Hall–Kier alpha value is -1.85. The number of carbonyl (C=O) groups excluding carboxylic acids is 3. The van der Waals surface area contributed by atoms with E-state index in [2.05, 4.69) is 16.0 Å². The van der Waals surface area contributed by atoms with Crippen LogP contribution in [0.3, 0.4) is 0 Å². The number of thioether (sulfide) groups is 1. The second-order valence-electron chi connectivity index (χ2n) is 6.60. The van der Waals surface area contributed by atoms with Crippen molar-refractivity contribution >= 4 is 35.5 Å². The van der Waals surface area contributed by atoms with Crippen LogP contribution in [0.15, 0.2) is 0 Å². The average molecular weight is 421 g/mol. The van der Waals surface area contributed by atoms with Crippen molar-refractivity contribution in [2.24, 2.45) is 11.7 Å². The summed E-state index contributed by atoms with van der Waals surface area (Å²) in [6.07, 6.45) is 1.65. The van der Waals surface area contributed by atoms with Gasteiger partial charge in [0.15, 0.2) is 0 Å². The zero-order valence-electron chi connectivity index (χ0n) is 16.7. The lowest BCUT2D eigenvalue weighted by Gasteiger charge is -2.28. The van der Waals surface area contributed by atoms with E-state index in [-0.39, 0.29) is 5.92 Å². The first-order valence-corrected chi connectivity index (χ1v) is 10.5. The van der Waals surface area contributed by atoms with Crippen LogP contribution in [0, 0.1) is 5.92 Å². The van der Waals surface area contributed by atoms with Gasteiger partial charge in [-0.1, -0.05) is 20.3 Å². The van der Waals surface area contributed by atoms with Gasteiger partial charge < -0.3 is 31.9 Å². The van der Waals surface area contributed by atoms with Crippen LogP contribution < -0.4 is 21.7 Å². The van der Waals surface area contributed by atoms with Crippen LogP contribution in [-0.4, -0.2) is 76.7 Å². The number of rotatable bonds is 13. The number of aliphatic hydroxyl groups is 1. The van der Waals surface area contributed by atoms with Crippen LogP contribution in [0.2, 0.25) is 0 Å². The molecule has 0 aromatic rings. The Bertz CT molecular complexity index is 546. The molecule has 0 aliphatic rings. The lowest BCUT2D eigenvalue weighted by atomic mass is 9.97. The summed E-state index contributed by atoms with van der Waals surface area (Å²) < 4.78 is 0. The molecule has 0 saturated carbocycles. The third-order valence-electron chi connectivity index (χ3n) is 4.24. The molecule has 5 atom stereocenters. The molecule has 0 aromatic carbocycles. The number of hydrogen-bond donors (Lipinski definition) is 6. The molecule has 162 valence electrons. The van der Waals surface area contributed by atoms with Gasteiger partial charge in [0.05, 0.1) is 12.1 Å². The zero-order valence-corrected chi connectivity index (χ0v) is 17.5. The van der Waals surface area contributed by atoms with E-state index in [1.807, 2.05) is 13.2 Å². The molecule has 0 saturated heterocycles. The standard InChI is InChI=1S/C17H32N4O6S/c1-5-9(2)13(20-15(25)11(18)6-7-28-4)17(27)21-14(10(3)22)16(26)19-8-12(23)24/h9-11,13-14,22H,5-8,18H2,1-4H3,(H,19,26)(H,20,25)(H,21,27)(H,23,24). The molecular weight excluding hydrogens is 388 g/mol. The van der Waals surface area contributed by atoms with Gasteiger partial charge in [0.2, 0.25) is 17.7 Å². The predicted octanol–water partition coefficient (Wildman–Crippen LogP) is -1.34. The van der Waals surface area contributed by atoms with Crippen LogP contribution in [-0.2, 0) is 19.2 Å². The van der Waals surface area contributed by atoms with Gasteiger partial charge >= 0.3 is 5.97 Å². The topological polar surface area (TPSA) is 171 Å². The number of carboxylic acids is 1. The van der Waals surface area contributed by atoms with Crippen molar-refractivity contribution in [3.8, 4) is 0 Å². The highest BCUT2D eigenvalue weighted by Gasteiger charge is 2.32. The molecule has 10 nitrogen and oxygen atoms in total. The van der Waals surface area contributed by atoms with Crippen LogP contribution in [0.5, 0.6) is 0 Å². The first kappa shape index (κ1) is 26.1. The fraction of sp³-hybridized carbons (Fsp3) is 0.765. The number of aliphatic hydroxyl groups excluding tert-OH is 1. The number of nitrogens with two attached hydrogens (primary N) is 1. The Morgan fingerprint density at radius 2 is 1.61 bits per heavy atom. The summed E-state index contributed by atoms with van der Waals surface area (Å²) in [5.41, 5.74) is 5.84. The summed E-state index contributed by atoms with van der Waals surface area (Å²) in [6, 6.07) is -3.08. The number of hydrogen-bond acceptors (Lipinski definition) is 7. The molecule has 7 N–H and O–H groups in total. The third-order valence-corrected chi connectivity index (χ3v) is 4.88. The summed E-state index contributed by atoms with van der Waals surface area (Å²) in [7, 11) is 0. The van der Waals surface area contributed by atoms with Crippen molar-refractivity contribution in [1.82, 2.24) is 16.0 Å². The summed E-state index contributed by atoms with van der Waals surface area (Å²) in [5, 5.41) is 25.6. The Morgan fingerprint density at radius 1 is 1.04 bits per heavy atom. The lowest BCUT2D eigenvalue weighted by molar-refractivity contribution is -0.139. The maximum Gasteiger partial charge on any atom is 0.322 e. The minimum absolute atomic E-state index is 0.256. The average Bonchev–Trinajstić information content (AvgIpc) is 2.64. The van der Waals surface area contributed by atoms with E-state index in [1.165, 1.54) is 6.92 Å². The Morgan fingerprint density at radius 3 is 2.07 bits per heavy atom. The van der Waals surface area contributed by atoms with E-state index < -0.39 is 54.5 Å². The van der Waals surface area contributed by atoms with Crippen molar-refractivity contribution in [3.63, 3.8) is 0 Å². The molecule has 28 heavy (non-hydrogen) atoms. The quantitative estimate of drug-likeness (QED) is 0.213. The van der Waals surface area contributed by atoms with Gasteiger partial charge in [-0.15, -0.1) is 0 Å². The smallest absolute Gasteiger partial charge is 0.322 e. The molecule has 0 heterocycles. The minimum atomic E-state index is -1.36. The molecule has 0 rings (SSSR count). The van der Waals surface area contributed by atoms with E-state index >= 15 is 0 Å². The monoisotopic (exact) mass is 420 g/mol. The van der Waals surface area contributed by atoms with E-state index in [4.69, 9.17) is 10.8 Å². The van der Waals surface area contributed by atoms with Crippen molar-refractivity contribution in [2.45, 2.75) is 57.8 Å². The number of nitrogens with one attached hydrogen (secondary N) is 3. The Kier molecular flexibility index (Phi) is 12.5. The van der Waals surface area contributed by atoms with Crippen molar-refractivity contribution in [2.75, 3.05) is 18.6 Å². The van der Waals surface area contributed by atoms with E-state index in [1.54, 1.807) is 18.7 Å². The molecule has 5 unspecified atom stereocenters. The highest BCUT2D eigenvalue weighted by atomic mass is 32.2. The second kappa shape index (κ2) is 13.3. The Labute approximate surface area is 169 Å². The molecule has 0 aromatic heterocycles. The van der Waals surface area contributed by atoms with Crippen LogP contribution >= 0.6 is 11.8 Å². The molecular formula is C17H32N4O6S. The largest absolute Gasteiger partial charge is 0.480 e. The maximum absolute atomic E-state index is 12.7. The molecule has 0 aliphatic heterocycles. The fourth-order valence-electron chi connectivity index (χ4n) is 2.26. The van der Waals surface area contributed by atoms with Crippen molar-refractivity contribution in [1.29, 1.82) is 0 Å². The van der Waals surface area contributed by atoms with Crippen LogP contribution in [0.25, 0.3) is 0 Å². The van der Waals surface area contributed by atoms with Gasteiger partial charge in [-0.3, -0.25) is 19.2 Å². The van der Waals surface area contributed by atoms with Crippen LogP contribution in [0.1, 0.15) is 33.6 Å².